The third-order valence-electron chi connectivity index (χ3n) is 1.49. The second-order valence-electron chi connectivity index (χ2n) is 3.15. The van der Waals surface area contributed by atoms with Crippen molar-refractivity contribution in [3.8, 4) is 5.88 Å². The van der Waals surface area contributed by atoms with Crippen LogP contribution in [0.4, 0.5) is 5.69 Å². The number of nitrogens with zero attached hydrogens (tertiary/aromatic N) is 1. The van der Waals surface area contributed by atoms with Crippen molar-refractivity contribution in [3.63, 3.8) is 0 Å². The van der Waals surface area contributed by atoms with E-state index in [0.717, 1.165) is 0 Å². The van der Waals surface area contributed by atoms with Crippen molar-refractivity contribution in [2.75, 3.05) is 5.73 Å². The van der Waals surface area contributed by atoms with Gasteiger partial charge >= 0.3 is 0 Å². The second-order valence-corrected chi connectivity index (χ2v) is 3.15. The fourth-order valence-electron chi connectivity index (χ4n) is 0.962. The summed E-state index contributed by atoms with van der Waals surface area (Å²) in [5.74, 6) is -0.373. The molecule has 1 aromatic heterocycles. The van der Waals surface area contributed by atoms with Crippen LogP contribution in [0.15, 0.2) is 12.3 Å². The maximum Gasteiger partial charge on any atom is 0.254 e. The van der Waals surface area contributed by atoms with Gasteiger partial charge in [0.15, 0.2) is 0 Å². The van der Waals surface area contributed by atoms with Crippen molar-refractivity contribution in [2.24, 2.45) is 5.73 Å². The van der Waals surface area contributed by atoms with E-state index in [4.69, 9.17) is 16.2 Å². The number of pyridine rings is 1. The Labute approximate surface area is 82.1 Å². The predicted molar refractivity (Wildman–Crippen MR) is 52.9 cm³/mol. The SMILES string of the molecule is CC(C)Oc1ncc(N)cc1C(N)=O. The normalized spacial score (nSPS) is 10.2. The van der Waals surface area contributed by atoms with Crippen LogP contribution in [0.3, 0.4) is 0 Å². The Morgan fingerprint density at radius 3 is 2.71 bits per heavy atom. The maximum absolute atomic E-state index is 11.0. The number of nitrogens with two attached hydrogens (primary N) is 2. The van der Waals surface area contributed by atoms with E-state index < -0.39 is 5.91 Å². The van der Waals surface area contributed by atoms with Crippen molar-refractivity contribution in [3.05, 3.63) is 17.8 Å². The van der Waals surface area contributed by atoms with Gasteiger partial charge in [0.1, 0.15) is 5.56 Å². The molecule has 1 amide bonds. The van der Waals surface area contributed by atoms with Gasteiger partial charge in [0.25, 0.3) is 5.91 Å². The Morgan fingerprint density at radius 1 is 1.57 bits per heavy atom. The molecule has 0 spiro atoms. The van der Waals surface area contributed by atoms with Gasteiger partial charge in [-0.25, -0.2) is 4.98 Å². The quantitative estimate of drug-likeness (QED) is 0.736. The van der Waals surface area contributed by atoms with Gasteiger partial charge in [-0.05, 0) is 19.9 Å². The Morgan fingerprint density at radius 2 is 2.21 bits per heavy atom. The molecule has 0 saturated heterocycles. The minimum absolute atomic E-state index is 0.0655. The van der Waals surface area contributed by atoms with Gasteiger partial charge in [0.2, 0.25) is 5.88 Å². The van der Waals surface area contributed by atoms with Crippen LogP contribution in [-0.4, -0.2) is 17.0 Å². The molecule has 76 valence electrons. The number of anilines is 1. The Hall–Kier alpha value is -1.78. The number of carbonyl (C=O) groups excluding carboxylic acids is 1. The lowest BCUT2D eigenvalue weighted by molar-refractivity contribution is 0.0993. The van der Waals surface area contributed by atoms with Crippen molar-refractivity contribution >= 4 is 11.6 Å². The number of primary amides is 1. The first-order chi connectivity index (χ1) is 6.50. The summed E-state index contributed by atoms with van der Waals surface area (Å²) in [4.78, 5) is 14.9. The first kappa shape index (κ1) is 10.3. The van der Waals surface area contributed by atoms with Gasteiger partial charge in [0.05, 0.1) is 18.0 Å². The fourth-order valence-corrected chi connectivity index (χ4v) is 0.962. The van der Waals surface area contributed by atoms with Crippen molar-refractivity contribution in [2.45, 2.75) is 20.0 Å². The van der Waals surface area contributed by atoms with E-state index in [1.807, 2.05) is 13.8 Å². The van der Waals surface area contributed by atoms with Gasteiger partial charge in [-0.1, -0.05) is 0 Å². The number of amides is 1. The highest BCUT2D eigenvalue weighted by molar-refractivity contribution is 5.95. The molecule has 4 N–H and O–H groups in total. The first-order valence-electron chi connectivity index (χ1n) is 4.22. The van der Waals surface area contributed by atoms with Crippen molar-refractivity contribution in [1.29, 1.82) is 0 Å². The molecule has 0 radical (unpaired) electrons. The highest BCUT2D eigenvalue weighted by atomic mass is 16.5. The average molecular weight is 195 g/mol. The number of rotatable bonds is 3. The Balaban J connectivity index is 3.08. The maximum atomic E-state index is 11.0. The zero-order valence-electron chi connectivity index (χ0n) is 8.15. The van der Waals surface area contributed by atoms with Crippen LogP contribution in [-0.2, 0) is 0 Å². The van der Waals surface area contributed by atoms with Crippen LogP contribution in [0.25, 0.3) is 0 Å². The molecule has 1 aromatic rings. The summed E-state index contributed by atoms with van der Waals surface area (Å²) in [6, 6.07) is 1.45. The predicted octanol–water partition coefficient (Wildman–Crippen LogP) is 0.550. The molecule has 0 aromatic carbocycles. The van der Waals surface area contributed by atoms with E-state index in [-0.39, 0.29) is 17.5 Å². The molecule has 0 saturated carbocycles. The minimum atomic E-state index is -0.597. The number of carbonyl (C=O) groups is 1. The Kier molecular flexibility index (Phi) is 2.91. The summed E-state index contributed by atoms with van der Waals surface area (Å²) < 4.78 is 5.29. The summed E-state index contributed by atoms with van der Waals surface area (Å²) in [7, 11) is 0. The number of nitrogen functional groups attached to an aromatic ring is 1. The summed E-state index contributed by atoms with van der Waals surface area (Å²) in [6.45, 7) is 3.67. The van der Waals surface area contributed by atoms with Crippen LogP contribution in [0, 0.1) is 0 Å². The van der Waals surface area contributed by atoms with Crippen LogP contribution in [0.2, 0.25) is 0 Å². The van der Waals surface area contributed by atoms with E-state index in [2.05, 4.69) is 4.98 Å². The second kappa shape index (κ2) is 3.95. The van der Waals surface area contributed by atoms with E-state index >= 15 is 0 Å². The van der Waals surface area contributed by atoms with Gasteiger partial charge < -0.3 is 16.2 Å². The van der Waals surface area contributed by atoms with Crippen molar-refractivity contribution in [1.82, 2.24) is 4.98 Å². The van der Waals surface area contributed by atoms with E-state index in [1.54, 1.807) is 0 Å². The third-order valence-corrected chi connectivity index (χ3v) is 1.49. The molecule has 0 fully saturated rings. The van der Waals surface area contributed by atoms with Gasteiger partial charge in [0, 0.05) is 0 Å². The van der Waals surface area contributed by atoms with Crippen LogP contribution < -0.4 is 16.2 Å². The highest BCUT2D eigenvalue weighted by Gasteiger charge is 2.12. The number of ether oxygens (including phenoxy) is 1. The Bertz CT molecular complexity index is 350. The summed E-state index contributed by atoms with van der Waals surface area (Å²) in [6.07, 6.45) is 1.36. The molecule has 0 atom stereocenters. The molecule has 0 unspecified atom stereocenters. The average Bonchev–Trinajstić information content (AvgIpc) is 2.07. The zero-order valence-corrected chi connectivity index (χ0v) is 8.15. The number of hydrogen-bond acceptors (Lipinski definition) is 4. The topological polar surface area (TPSA) is 91.2 Å². The molecule has 1 heterocycles. The molecular weight excluding hydrogens is 182 g/mol. The lowest BCUT2D eigenvalue weighted by atomic mass is 10.2. The summed E-state index contributed by atoms with van der Waals surface area (Å²) >= 11 is 0. The highest BCUT2D eigenvalue weighted by Crippen LogP contribution is 2.18. The van der Waals surface area contributed by atoms with Crippen LogP contribution in [0.5, 0.6) is 5.88 Å². The first-order valence-corrected chi connectivity index (χ1v) is 4.22. The molecule has 1 rings (SSSR count). The van der Waals surface area contributed by atoms with Crippen LogP contribution >= 0.6 is 0 Å². The molecule has 0 aliphatic rings. The van der Waals surface area contributed by atoms with Crippen LogP contribution in [0.1, 0.15) is 24.2 Å². The molecule has 5 nitrogen and oxygen atoms in total. The summed E-state index contributed by atoms with van der Waals surface area (Å²) in [5.41, 5.74) is 11.2. The van der Waals surface area contributed by atoms with Gasteiger partial charge in [-0.2, -0.15) is 0 Å². The van der Waals surface area contributed by atoms with Crippen molar-refractivity contribution < 1.29 is 9.53 Å². The van der Waals surface area contributed by atoms with E-state index in [0.29, 0.717) is 5.69 Å². The number of hydrogen-bond donors (Lipinski definition) is 2. The molecule has 0 aliphatic heterocycles. The van der Waals surface area contributed by atoms with E-state index in [9.17, 15) is 4.79 Å². The lowest BCUT2D eigenvalue weighted by Gasteiger charge is -2.11. The minimum Gasteiger partial charge on any atom is -0.474 e. The molecule has 0 bridgehead atoms. The monoisotopic (exact) mass is 195 g/mol. The largest absolute Gasteiger partial charge is 0.474 e. The summed E-state index contributed by atoms with van der Waals surface area (Å²) in [5, 5.41) is 0. The smallest absolute Gasteiger partial charge is 0.254 e. The molecule has 0 aliphatic carbocycles. The molecular formula is C9H13N3O2. The van der Waals surface area contributed by atoms with Gasteiger partial charge in [-0.15, -0.1) is 0 Å². The van der Waals surface area contributed by atoms with E-state index in [1.165, 1.54) is 12.3 Å². The fraction of sp³-hybridized carbons (Fsp3) is 0.333. The lowest BCUT2D eigenvalue weighted by Crippen LogP contribution is -2.17. The zero-order chi connectivity index (χ0) is 10.7. The number of aromatic nitrogens is 1. The molecule has 5 heteroatoms. The third kappa shape index (κ3) is 2.35. The standard InChI is InChI=1S/C9H13N3O2/c1-5(2)14-9-7(8(11)13)3-6(10)4-12-9/h3-5H,10H2,1-2H3,(H2,11,13). The molecule has 14 heavy (non-hydrogen) atoms. The van der Waals surface area contributed by atoms with Gasteiger partial charge in [-0.3, -0.25) is 4.79 Å².